The van der Waals surface area contributed by atoms with Gasteiger partial charge >= 0.3 is 0 Å². The Bertz CT molecular complexity index is 1240. The minimum atomic E-state index is -1.16. The zero-order chi connectivity index (χ0) is 22.8. The number of aromatic nitrogens is 1. The van der Waals surface area contributed by atoms with Crippen LogP contribution in [0.3, 0.4) is 0 Å². The van der Waals surface area contributed by atoms with Gasteiger partial charge in [-0.2, -0.15) is 0 Å². The maximum absolute atomic E-state index is 13.0. The number of nitro benzene ring substituents is 1. The molecule has 0 unspecified atom stereocenters. The Morgan fingerprint density at radius 2 is 1.81 bits per heavy atom. The van der Waals surface area contributed by atoms with Crippen LogP contribution in [0.2, 0.25) is 5.02 Å². The molecule has 9 heteroatoms. The first kappa shape index (κ1) is 21.2. The SMILES string of the molecule is O=C1C(=O)N(Cc2cccnc2)[C@@H](c2ccccc2[N+](=O)[O-])/C1=C(\O)c1ccc(Cl)cc1. The third-order valence-electron chi connectivity index (χ3n) is 5.16. The molecule has 32 heavy (non-hydrogen) atoms. The summed E-state index contributed by atoms with van der Waals surface area (Å²) in [5.74, 6) is -2.23. The van der Waals surface area contributed by atoms with E-state index in [-0.39, 0.29) is 28.9 Å². The number of hydrogen-bond donors (Lipinski definition) is 1. The molecular formula is C23H16ClN3O5. The molecule has 1 saturated heterocycles. The number of carbonyl (C=O) groups excluding carboxylic acids is 2. The number of ketones is 1. The molecule has 1 aliphatic rings. The lowest BCUT2D eigenvalue weighted by molar-refractivity contribution is -0.385. The van der Waals surface area contributed by atoms with Crippen LogP contribution < -0.4 is 0 Å². The number of carbonyl (C=O) groups is 2. The van der Waals surface area contributed by atoms with E-state index in [1.807, 2.05) is 0 Å². The Labute approximate surface area is 187 Å². The topological polar surface area (TPSA) is 114 Å². The largest absolute Gasteiger partial charge is 0.507 e. The van der Waals surface area contributed by atoms with Crippen LogP contribution in [0, 0.1) is 10.1 Å². The fraction of sp³-hybridized carbons (Fsp3) is 0.0870. The summed E-state index contributed by atoms with van der Waals surface area (Å²) >= 11 is 5.91. The molecule has 3 aromatic rings. The lowest BCUT2D eigenvalue weighted by Gasteiger charge is -2.25. The second-order valence-corrected chi connectivity index (χ2v) is 7.55. The van der Waals surface area contributed by atoms with Gasteiger partial charge in [-0.05, 0) is 42.0 Å². The van der Waals surface area contributed by atoms with E-state index < -0.39 is 28.4 Å². The monoisotopic (exact) mass is 449 g/mol. The van der Waals surface area contributed by atoms with Gasteiger partial charge in [0, 0.05) is 35.6 Å². The summed E-state index contributed by atoms with van der Waals surface area (Å²) in [7, 11) is 0. The zero-order valence-corrected chi connectivity index (χ0v) is 17.3. The highest BCUT2D eigenvalue weighted by atomic mass is 35.5. The molecule has 0 spiro atoms. The van der Waals surface area contributed by atoms with E-state index >= 15 is 0 Å². The van der Waals surface area contributed by atoms with Gasteiger partial charge in [0.15, 0.2) is 0 Å². The molecule has 1 atom stereocenters. The molecule has 0 aliphatic carbocycles. The van der Waals surface area contributed by atoms with Crippen LogP contribution in [0.15, 0.2) is 78.6 Å². The molecule has 8 nitrogen and oxygen atoms in total. The second-order valence-electron chi connectivity index (χ2n) is 7.11. The third-order valence-corrected chi connectivity index (χ3v) is 5.41. The van der Waals surface area contributed by atoms with Gasteiger partial charge in [0.05, 0.1) is 22.1 Å². The summed E-state index contributed by atoms with van der Waals surface area (Å²) in [4.78, 5) is 42.4. The maximum atomic E-state index is 13.0. The number of para-hydroxylation sites is 1. The molecule has 0 radical (unpaired) electrons. The summed E-state index contributed by atoms with van der Waals surface area (Å²) in [6.07, 6.45) is 3.10. The summed E-state index contributed by atoms with van der Waals surface area (Å²) < 4.78 is 0. The van der Waals surface area contributed by atoms with Gasteiger partial charge < -0.3 is 10.0 Å². The van der Waals surface area contributed by atoms with Crippen molar-refractivity contribution in [3.05, 3.63) is 110 Å². The van der Waals surface area contributed by atoms with Gasteiger partial charge in [-0.15, -0.1) is 0 Å². The van der Waals surface area contributed by atoms with Crippen molar-refractivity contribution in [1.29, 1.82) is 0 Å². The number of hydrogen-bond acceptors (Lipinski definition) is 6. The predicted molar refractivity (Wildman–Crippen MR) is 117 cm³/mol. The Hall–Kier alpha value is -4.04. The molecule has 0 saturated carbocycles. The van der Waals surface area contributed by atoms with Crippen LogP contribution >= 0.6 is 11.6 Å². The van der Waals surface area contributed by atoms with E-state index in [0.29, 0.717) is 10.6 Å². The molecule has 1 N–H and O–H groups in total. The minimum Gasteiger partial charge on any atom is -0.507 e. The molecule has 160 valence electrons. The highest BCUT2D eigenvalue weighted by Gasteiger charge is 2.48. The zero-order valence-electron chi connectivity index (χ0n) is 16.5. The third kappa shape index (κ3) is 3.83. The minimum absolute atomic E-state index is 0.0213. The number of pyridine rings is 1. The average molecular weight is 450 g/mol. The van der Waals surface area contributed by atoms with Gasteiger partial charge in [0.25, 0.3) is 17.4 Å². The van der Waals surface area contributed by atoms with Crippen molar-refractivity contribution in [2.75, 3.05) is 0 Å². The van der Waals surface area contributed by atoms with Crippen LogP contribution in [-0.4, -0.2) is 31.6 Å². The molecular weight excluding hydrogens is 434 g/mol. The van der Waals surface area contributed by atoms with E-state index in [1.54, 1.807) is 24.4 Å². The van der Waals surface area contributed by atoms with Crippen molar-refractivity contribution >= 4 is 34.7 Å². The standard InChI is InChI=1S/C23H16ClN3O5/c24-16-9-7-15(8-10-16)21(28)19-20(17-5-1-2-6-18(17)27(31)32)26(23(30)22(19)29)13-14-4-3-11-25-12-14/h1-12,20,28H,13H2/b21-19+/t20-/m0/s1. The molecule has 0 bridgehead atoms. The van der Waals surface area contributed by atoms with E-state index in [0.717, 1.165) is 0 Å². The molecule has 2 heterocycles. The number of likely N-dealkylation sites (tertiary alicyclic amines) is 1. The first-order valence-corrected chi connectivity index (χ1v) is 9.93. The highest BCUT2D eigenvalue weighted by Crippen LogP contribution is 2.43. The lowest BCUT2D eigenvalue weighted by atomic mass is 9.94. The van der Waals surface area contributed by atoms with Crippen molar-refractivity contribution in [3.63, 3.8) is 0 Å². The molecule has 1 fully saturated rings. The summed E-state index contributed by atoms with van der Waals surface area (Å²) in [5, 5.41) is 23.1. The number of halogens is 1. The number of benzene rings is 2. The molecule has 2 aromatic carbocycles. The first-order valence-electron chi connectivity index (χ1n) is 9.55. The fourth-order valence-corrected chi connectivity index (χ4v) is 3.83. The number of rotatable bonds is 5. The van der Waals surface area contributed by atoms with E-state index in [9.17, 15) is 24.8 Å². The van der Waals surface area contributed by atoms with Crippen molar-refractivity contribution < 1.29 is 19.6 Å². The summed E-state index contributed by atoms with van der Waals surface area (Å²) in [5.41, 5.74) is 0.519. The summed E-state index contributed by atoms with van der Waals surface area (Å²) in [6.45, 7) is -0.0213. The van der Waals surface area contributed by atoms with Crippen LogP contribution in [0.1, 0.15) is 22.7 Å². The smallest absolute Gasteiger partial charge is 0.295 e. The summed E-state index contributed by atoms with van der Waals surface area (Å²) in [6, 6.07) is 14.1. The Morgan fingerprint density at radius 3 is 2.47 bits per heavy atom. The Balaban J connectivity index is 1.93. The maximum Gasteiger partial charge on any atom is 0.295 e. The number of Topliss-reactive ketones (excluding diaryl/α,β-unsaturated/α-hetero) is 1. The fourth-order valence-electron chi connectivity index (χ4n) is 3.70. The van der Waals surface area contributed by atoms with Gasteiger partial charge in [0.1, 0.15) is 5.76 Å². The predicted octanol–water partition coefficient (Wildman–Crippen LogP) is 4.27. The van der Waals surface area contributed by atoms with Crippen molar-refractivity contribution in [1.82, 2.24) is 9.88 Å². The number of aliphatic hydroxyl groups is 1. The Morgan fingerprint density at radius 1 is 1.09 bits per heavy atom. The molecule has 4 rings (SSSR count). The highest BCUT2D eigenvalue weighted by molar-refractivity contribution is 6.46. The average Bonchev–Trinajstić information content (AvgIpc) is 3.04. The van der Waals surface area contributed by atoms with E-state index in [4.69, 9.17) is 11.6 Å². The van der Waals surface area contributed by atoms with Crippen LogP contribution in [-0.2, 0) is 16.1 Å². The molecule has 1 aromatic heterocycles. The van der Waals surface area contributed by atoms with Crippen LogP contribution in [0.25, 0.3) is 5.76 Å². The molecule has 1 amide bonds. The van der Waals surface area contributed by atoms with E-state index in [1.165, 1.54) is 53.6 Å². The van der Waals surface area contributed by atoms with Crippen LogP contribution in [0.4, 0.5) is 5.69 Å². The normalized spacial score (nSPS) is 17.5. The Kier molecular flexibility index (Phi) is 5.70. The first-order chi connectivity index (χ1) is 15.4. The number of nitrogens with zero attached hydrogens (tertiary/aromatic N) is 3. The van der Waals surface area contributed by atoms with Crippen molar-refractivity contribution in [2.24, 2.45) is 0 Å². The van der Waals surface area contributed by atoms with Gasteiger partial charge in [-0.3, -0.25) is 24.7 Å². The van der Waals surface area contributed by atoms with Gasteiger partial charge in [-0.25, -0.2) is 0 Å². The van der Waals surface area contributed by atoms with Crippen LogP contribution in [0.5, 0.6) is 0 Å². The van der Waals surface area contributed by atoms with Crippen molar-refractivity contribution in [3.8, 4) is 0 Å². The van der Waals surface area contributed by atoms with Gasteiger partial charge in [0.2, 0.25) is 0 Å². The van der Waals surface area contributed by atoms with Crippen molar-refractivity contribution in [2.45, 2.75) is 12.6 Å². The van der Waals surface area contributed by atoms with Gasteiger partial charge in [-0.1, -0.05) is 29.8 Å². The number of amides is 1. The lowest BCUT2D eigenvalue weighted by Crippen LogP contribution is -2.29. The number of aliphatic hydroxyl groups excluding tert-OH is 1. The van der Waals surface area contributed by atoms with E-state index in [2.05, 4.69) is 4.98 Å². The molecule has 1 aliphatic heterocycles. The second kappa shape index (κ2) is 8.60. The number of nitro groups is 1. The quantitative estimate of drug-likeness (QED) is 0.204.